The Morgan fingerprint density at radius 3 is 2.25 bits per heavy atom. The van der Waals surface area contributed by atoms with Gasteiger partial charge in [-0.15, -0.1) is 6.42 Å². The second-order valence-electron chi connectivity index (χ2n) is 3.13. The highest BCUT2D eigenvalue weighted by Gasteiger charge is 2.36. The average molecular weight is 248 g/mol. The van der Waals surface area contributed by atoms with Crippen molar-refractivity contribution in [3.63, 3.8) is 0 Å². The minimum Gasteiger partial charge on any atom is -0.224 e. The summed E-state index contributed by atoms with van der Waals surface area (Å²) in [5.41, 5.74) is -1.25. The molecule has 0 aromatic heterocycles. The van der Waals surface area contributed by atoms with E-state index in [4.69, 9.17) is 6.42 Å². The second-order valence-corrected chi connectivity index (χ2v) is 5.11. The van der Waals surface area contributed by atoms with E-state index >= 15 is 0 Å². The molecular weight excluding hydrogens is 241 g/mol. The zero-order valence-corrected chi connectivity index (χ0v) is 8.98. The van der Waals surface area contributed by atoms with Gasteiger partial charge in [0, 0.05) is 11.8 Å². The van der Waals surface area contributed by atoms with Crippen LogP contribution in [0, 0.1) is 12.3 Å². The highest BCUT2D eigenvalue weighted by molar-refractivity contribution is 7.90. The summed E-state index contributed by atoms with van der Waals surface area (Å²) in [7, 11) is -3.93. The maximum absolute atomic E-state index is 12.6. The molecule has 0 atom stereocenters. The molecule has 0 unspecified atom stereocenters. The Bertz CT molecular complexity index is 550. The largest absolute Gasteiger partial charge is 0.417 e. The number of alkyl halides is 3. The summed E-state index contributed by atoms with van der Waals surface area (Å²) < 4.78 is 60.0. The number of sulfone groups is 1. The summed E-state index contributed by atoms with van der Waals surface area (Å²) in [5, 5.41) is 0. The van der Waals surface area contributed by atoms with Crippen LogP contribution in [0.4, 0.5) is 13.2 Å². The number of halogens is 3. The van der Waals surface area contributed by atoms with Crippen LogP contribution in [0.2, 0.25) is 0 Å². The molecule has 1 aromatic carbocycles. The third-order valence-electron chi connectivity index (χ3n) is 1.85. The maximum atomic E-state index is 12.6. The van der Waals surface area contributed by atoms with Gasteiger partial charge in [0.2, 0.25) is 0 Å². The molecule has 16 heavy (non-hydrogen) atoms. The Balaban J connectivity index is 3.60. The van der Waals surface area contributed by atoms with Gasteiger partial charge in [0.25, 0.3) is 0 Å². The van der Waals surface area contributed by atoms with Gasteiger partial charge in [-0.2, -0.15) is 13.2 Å². The molecule has 0 amide bonds. The monoisotopic (exact) mass is 248 g/mol. The molecule has 0 fully saturated rings. The minimum atomic E-state index is -4.74. The molecule has 1 rings (SSSR count). The van der Waals surface area contributed by atoms with Crippen LogP contribution in [0.25, 0.3) is 0 Å². The van der Waals surface area contributed by atoms with Gasteiger partial charge >= 0.3 is 6.18 Å². The molecule has 6 heteroatoms. The first-order valence-corrected chi connectivity index (χ1v) is 5.93. The molecule has 0 spiro atoms. The number of hydrogen-bond acceptors (Lipinski definition) is 2. The molecule has 0 aliphatic heterocycles. The molecule has 0 bridgehead atoms. The lowest BCUT2D eigenvalue weighted by atomic mass is 10.1. The van der Waals surface area contributed by atoms with E-state index < -0.39 is 26.5 Å². The number of benzene rings is 1. The molecule has 0 N–H and O–H groups in total. The van der Waals surface area contributed by atoms with Crippen molar-refractivity contribution in [3.05, 3.63) is 29.3 Å². The van der Waals surface area contributed by atoms with Crippen LogP contribution in [0.3, 0.4) is 0 Å². The average Bonchev–Trinajstić information content (AvgIpc) is 2.14. The highest BCUT2D eigenvalue weighted by Crippen LogP contribution is 2.34. The van der Waals surface area contributed by atoms with Gasteiger partial charge in [0.1, 0.15) is 0 Å². The Labute approximate surface area is 91.0 Å². The van der Waals surface area contributed by atoms with Gasteiger partial charge in [0.05, 0.1) is 10.5 Å². The zero-order chi connectivity index (χ0) is 12.6. The van der Waals surface area contributed by atoms with Crippen molar-refractivity contribution in [3.8, 4) is 12.3 Å². The zero-order valence-electron chi connectivity index (χ0n) is 8.17. The fraction of sp³-hybridized carbons (Fsp3) is 0.200. The topological polar surface area (TPSA) is 34.1 Å². The van der Waals surface area contributed by atoms with Crippen molar-refractivity contribution in [2.45, 2.75) is 11.1 Å². The van der Waals surface area contributed by atoms with Crippen molar-refractivity contribution in [2.75, 3.05) is 6.26 Å². The molecule has 0 radical (unpaired) electrons. The first-order valence-electron chi connectivity index (χ1n) is 4.04. The van der Waals surface area contributed by atoms with Crippen LogP contribution in [0.15, 0.2) is 23.1 Å². The molecule has 0 saturated carbocycles. The Morgan fingerprint density at radius 2 is 1.88 bits per heavy atom. The molecule has 2 nitrogen and oxygen atoms in total. The van der Waals surface area contributed by atoms with E-state index in [1.807, 2.05) is 5.92 Å². The Morgan fingerprint density at radius 1 is 1.31 bits per heavy atom. The summed E-state index contributed by atoms with van der Waals surface area (Å²) in [6.07, 6.45) is 0.925. The van der Waals surface area contributed by atoms with E-state index in [0.717, 1.165) is 12.1 Å². The molecular formula is C10H7F3O2S. The number of terminal acetylenes is 1. The predicted molar refractivity (Wildman–Crippen MR) is 52.5 cm³/mol. The maximum Gasteiger partial charge on any atom is 0.417 e. The van der Waals surface area contributed by atoms with Gasteiger partial charge < -0.3 is 0 Å². The first-order chi connectivity index (χ1) is 7.16. The van der Waals surface area contributed by atoms with E-state index in [9.17, 15) is 21.6 Å². The summed E-state index contributed by atoms with van der Waals surface area (Å²) in [6, 6.07) is 2.68. The van der Waals surface area contributed by atoms with Gasteiger partial charge in [-0.25, -0.2) is 8.42 Å². The van der Waals surface area contributed by atoms with E-state index in [2.05, 4.69) is 0 Å². The fourth-order valence-corrected chi connectivity index (χ4v) is 2.05. The highest BCUT2D eigenvalue weighted by atomic mass is 32.2. The van der Waals surface area contributed by atoms with E-state index in [-0.39, 0.29) is 5.56 Å². The standard InChI is InChI=1S/C10H7F3O2S/c1-3-7-4-5-9(16(2,14)15)8(6-7)10(11,12)13/h1,4-6H,2H3. The lowest BCUT2D eigenvalue weighted by Gasteiger charge is -2.11. The van der Waals surface area contributed by atoms with E-state index in [1.54, 1.807) is 0 Å². The third-order valence-corrected chi connectivity index (χ3v) is 3.01. The molecule has 1 aromatic rings. The second kappa shape index (κ2) is 3.83. The molecule has 0 aliphatic carbocycles. The minimum absolute atomic E-state index is 0.0141. The van der Waals surface area contributed by atoms with Crippen molar-refractivity contribution in [1.82, 2.24) is 0 Å². The van der Waals surface area contributed by atoms with E-state index in [0.29, 0.717) is 12.3 Å². The van der Waals surface area contributed by atoms with Gasteiger partial charge in [-0.05, 0) is 18.2 Å². The number of hydrogen-bond donors (Lipinski definition) is 0. The van der Waals surface area contributed by atoms with Crippen LogP contribution in [0.5, 0.6) is 0 Å². The van der Waals surface area contributed by atoms with Gasteiger partial charge in [0.15, 0.2) is 9.84 Å². The third kappa shape index (κ3) is 2.55. The van der Waals surface area contributed by atoms with Crippen LogP contribution in [-0.2, 0) is 16.0 Å². The van der Waals surface area contributed by atoms with E-state index in [1.165, 1.54) is 0 Å². The smallest absolute Gasteiger partial charge is 0.224 e. The lowest BCUT2D eigenvalue weighted by Crippen LogP contribution is -2.12. The van der Waals surface area contributed by atoms with Gasteiger partial charge in [-0.3, -0.25) is 0 Å². The SMILES string of the molecule is C#Cc1ccc(S(C)(=O)=O)c(C(F)(F)F)c1. The summed E-state index contributed by atoms with van der Waals surface area (Å²) >= 11 is 0. The predicted octanol–water partition coefficient (Wildman–Crippen LogP) is 2.09. The summed E-state index contributed by atoms with van der Waals surface area (Å²) in [5.74, 6) is 2.02. The van der Waals surface area contributed by atoms with Crippen LogP contribution in [0.1, 0.15) is 11.1 Å². The normalized spacial score (nSPS) is 12.2. The Kier molecular flexibility index (Phi) is 3.01. The Hall–Kier alpha value is -1.48. The molecule has 0 aliphatic rings. The van der Waals surface area contributed by atoms with Crippen LogP contribution < -0.4 is 0 Å². The van der Waals surface area contributed by atoms with Crippen LogP contribution >= 0.6 is 0 Å². The quantitative estimate of drug-likeness (QED) is 0.713. The summed E-state index contributed by atoms with van der Waals surface area (Å²) in [6.45, 7) is 0. The summed E-state index contributed by atoms with van der Waals surface area (Å²) in [4.78, 5) is -0.765. The van der Waals surface area contributed by atoms with Crippen LogP contribution in [-0.4, -0.2) is 14.7 Å². The van der Waals surface area contributed by atoms with Crippen molar-refractivity contribution >= 4 is 9.84 Å². The lowest BCUT2D eigenvalue weighted by molar-refractivity contribution is -0.139. The number of rotatable bonds is 1. The van der Waals surface area contributed by atoms with Crippen molar-refractivity contribution < 1.29 is 21.6 Å². The molecule has 0 heterocycles. The molecule has 0 saturated heterocycles. The van der Waals surface area contributed by atoms with Gasteiger partial charge in [-0.1, -0.05) is 5.92 Å². The first kappa shape index (κ1) is 12.6. The molecule has 86 valence electrons. The van der Waals surface area contributed by atoms with Crippen molar-refractivity contribution in [2.24, 2.45) is 0 Å². The van der Waals surface area contributed by atoms with Crippen molar-refractivity contribution in [1.29, 1.82) is 0 Å². The fourth-order valence-electron chi connectivity index (χ4n) is 1.16.